The number of methoxy groups -OCH3 is 2. The van der Waals surface area contributed by atoms with Crippen LogP contribution < -0.4 is 15.0 Å². The Bertz CT molecular complexity index is 1050. The van der Waals surface area contributed by atoms with Gasteiger partial charge in [-0.05, 0) is 30.5 Å². The van der Waals surface area contributed by atoms with E-state index < -0.39 is 5.60 Å². The number of nitrogens with zero attached hydrogens (tertiary/aromatic N) is 3. The second kappa shape index (κ2) is 9.26. The van der Waals surface area contributed by atoms with Crippen molar-refractivity contribution in [3.05, 3.63) is 53.1 Å². The van der Waals surface area contributed by atoms with Crippen LogP contribution in [0.25, 0.3) is 10.8 Å². The first kappa shape index (κ1) is 21.6. The Morgan fingerprint density at radius 1 is 1.10 bits per heavy atom. The normalized spacial score (nSPS) is 15.8. The van der Waals surface area contributed by atoms with Gasteiger partial charge in [-0.15, -0.1) is 10.2 Å². The average Bonchev–Trinajstić information content (AvgIpc) is 2.82. The third-order valence-corrected chi connectivity index (χ3v) is 6.33. The zero-order valence-electron chi connectivity index (χ0n) is 17.8. The summed E-state index contributed by atoms with van der Waals surface area (Å²) in [4.78, 5) is 2.22. The number of piperidine rings is 1. The van der Waals surface area contributed by atoms with Crippen LogP contribution in [-0.2, 0) is 11.3 Å². The molecule has 2 aromatic carbocycles. The molecule has 1 aliphatic heterocycles. The van der Waals surface area contributed by atoms with Gasteiger partial charge in [0.1, 0.15) is 5.75 Å². The van der Waals surface area contributed by atoms with Crippen LogP contribution in [0.3, 0.4) is 0 Å². The Labute approximate surface area is 186 Å². The van der Waals surface area contributed by atoms with Gasteiger partial charge in [-0.2, -0.15) is 0 Å². The Morgan fingerprint density at radius 2 is 1.84 bits per heavy atom. The van der Waals surface area contributed by atoms with Gasteiger partial charge in [0.2, 0.25) is 0 Å². The lowest BCUT2D eigenvalue weighted by Gasteiger charge is -2.40. The minimum Gasteiger partial charge on any atom is -0.495 e. The van der Waals surface area contributed by atoms with E-state index in [1.54, 1.807) is 14.2 Å². The van der Waals surface area contributed by atoms with E-state index in [1.807, 2.05) is 36.4 Å². The monoisotopic (exact) mass is 442 g/mol. The molecule has 8 heteroatoms. The molecule has 0 amide bonds. The van der Waals surface area contributed by atoms with Crippen molar-refractivity contribution in [1.82, 2.24) is 10.2 Å². The first-order chi connectivity index (χ1) is 15.1. The number of rotatable bonds is 7. The highest BCUT2D eigenvalue weighted by molar-refractivity contribution is 6.32. The molecule has 2 heterocycles. The standard InChI is InChI=1S/C23H27ClN4O3/c1-30-20-8-7-16(13-19(20)24)14-25-21-17-5-3-4-6-18(17)22(27-26-21)28-11-9-23(15-29,31-2)10-12-28/h3-8,13,29H,9-12,14-15H2,1-2H3,(H,25,26). The largest absolute Gasteiger partial charge is 0.495 e. The van der Waals surface area contributed by atoms with Crippen molar-refractivity contribution in [2.24, 2.45) is 0 Å². The van der Waals surface area contributed by atoms with E-state index in [-0.39, 0.29) is 6.61 Å². The fraction of sp³-hybridized carbons (Fsp3) is 0.391. The van der Waals surface area contributed by atoms with Crippen LogP contribution in [0.1, 0.15) is 18.4 Å². The maximum absolute atomic E-state index is 9.71. The molecular formula is C23H27ClN4O3. The van der Waals surface area contributed by atoms with E-state index in [9.17, 15) is 5.11 Å². The first-order valence-corrected chi connectivity index (χ1v) is 10.7. The molecule has 164 valence electrons. The molecule has 0 bridgehead atoms. The van der Waals surface area contributed by atoms with E-state index in [0.29, 0.717) is 17.3 Å². The molecule has 31 heavy (non-hydrogen) atoms. The lowest BCUT2D eigenvalue weighted by atomic mass is 9.92. The Hall–Kier alpha value is -2.61. The predicted molar refractivity (Wildman–Crippen MR) is 123 cm³/mol. The quantitative estimate of drug-likeness (QED) is 0.574. The average molecular weight is 443 g/mol. The van der Waals surface area contributed by atoms with E-state index in [2.05, 4.69) is 26.5 Å². The van der Waals surface area contributed by atoms with Crippen LogP contribution >= 0.6 is 11.6 Å². The second-order valence-corrected chi connectivity index (χ2v) is 8.18. The molecule has 1 aliphatic rings. The minimum atomic E-state index is -0.457. The van der Waals surface area contributed by atoms with Crippen molar-refractivity contribution in [2.45, 2.75) is 25.0 Å². The molecule has 0 spiro atoms. The van der Waals surface area contributed by atoms with Gasteiger partial charge >= 0.3 is 0 Å². The van der Waals surface area contributed by atoms with Gasteiger partial charge in [0.15, 0.2) is 11.6 Å². The van der Waals surface area contributed by atoms with Crippen LogP contribution in [-0.4, -0.2) is 54.8 Å². The SMILES string of the molecule is COc1ccc(CNc2nnc(N3CCC(CO)(OC)CC3)c3ccccc23)cc1Cl. The summed E-state index contributed by atoms with van der Waals surface area (Å²) in [5.41, 5.74) is 0.567. The van der Waals surface area contributed by atoms with Crippen LogP contribution in [0.5, 0.6) is 5.75 Å². The van der Waals surface area contributed by atoms with Crippen molar-refractivity contribution in [2.75, 3.05) is 44.1 Å². The van der Waals surface area contributed by atoms with Gasteiger partial charge in [-0.3, -0.25) is 0 Å². The van der Waals surface area contributed by atoms with Crippen LogP contribution in [0.4, 0.5) is 11.6 Å². The predicted octanol–water partition coefficient (Wildman–Crippen LogP) is 3.88. The van der Waals surface area contributed by atoms with Crippen molar-refractivity contribution in [3.8, 4) is 5.75 Å². The van der Waals surface area contributed by atoms with Gasteiger partial charge in [0.25, 0.3) is 0 Å². The number of hydrogen-bond donors (Lipinski definition) is 2. The van der Waals surface area contributed by atoms with Gasteiger partial charge < -0.3 is 24.8 Å². The molecule has 0 aliphatic carbocycles. The highest BCUT2D eigenvalue weighted by Crippen LogP contribution is 2.33. The molecule has 1 fully saturated rings. The highest BCUT2D eigenvalue weighted by atomic mass is 35.5. The number of fused-ring (bicyclic) bond motifs is 1. The second-order valence-electron chi connectivity index (χ2n) is 7.77. The molecule has 0 saturated carbocycles. The van der Waals surface area contributed by atoms with Gasteiger partial charge in [-0.25, -0.2) is 0 Å². The molecule has 1 aromatic heterocycles. The number of anilines is 2. The molecule has 2 N–H and O–H groups in total. The number of hydrogen-bond acceptors (Lipinski definition) is 7. The maximum Gasteiger partial charge on any atom is 0.159 e. The first-order valence-electron chi connectivity index (χ1n) is 10.3. The topological polar surface area (TPSA) is 79.7 Å². The molecule has 4 rings (SSSR count). The Balaban J connectivity index is 1.55. The number of ether oxygens (including phenoxy) is 2. The fourth-order valence-electron chi connectivity index (χ4n) is 4.01. The molecule has 0 radical (unpaired) electrons. The summed E-state index contributed by atoms with van der Waals surface area (Å²) in [5, 5.41) is 24.8. The number of benzene rings is 2. The Morgan fingerprint density at radius 3 is 2.48 bits per heavy atom. The zero-order chi connectivity index (χ0) is 21.8. The number of nitrogens with one attached hydrogen (secondary N) is 1. The summed E-state index contributed by atoms with van der Waals surface area (Å²) < 4.78 is 10.8. The van der Waals surface area contributed by atoms with Crippen molar-refractivity contribution in [1.29, 1.82) is 0 Å². The van der Waals surface area contributed by atoms with E-state index in [0.717, 1.165) is 53.9 Å². The lowest BCUT2D eigenvalue weighted by molar-refractivity contribution is -0.0673. The van der Waals surface area contributed by atoms with Crippen LogP contribution in [0.15, 0.2) is 42.5 Å². The number of aromatic nitrogens is 2. The van der Waals surface area contributed by atoms with Gasteiger partial charge in [0.05, 0.1) is 24.3 Å². The third-order valence-electron chi connectivity index (χ3n) is 6.04. The highest BCUT2D eigenvalue weighted by Gasteiger charge is 2.35. The fourth-order valence-corrected chi connectivity index (χ4v) is 4.29. The summed E-state index contributed by atoms with van der Waals surface area (Å²) >= 11 is 6.24. The smallest absolute Gasteiger partial charge is 0.159 e. The summed E-state index contributed by atoms with van der Waals surface area (Å²) in [7, 11) is 3.27. The summed E-state index contributed by atoms with van der Waals surface area (Å²) in [6.45, 7) is 2.11. The molecule has 3 aromatic rings. The number of aliphatic hydroxyl groups excluding tert-OH is 1. The number of halogens is 1. The minimum absolute atomic E-state index is 0.0298. The van der Waals surface area contributed by atoms with Gasteiger partial charge in [-0.1, -0.05) is 41.9 Å². The Kier molecular flexibility index (Phi) is 6.46. The van der Waals surface area contributed by atoms with Gasteiger partial charge in [0, 0.05) is 37.5 Å². The lowest BCUT2D eigenvalue weighted by Crippen LogP contribution is -2.48. The van der Waals surface area contributed by atoms with Crippen molar-refractivity contribution >= 4 is 34.0 Å². The van der Waals surface area contributed by atoms with E-state index in [4.69, 9.17) is 21.1 Å². The molecular weight excluding hydrogens is 416 g/mol. The molecule has 0 unspecified atom stereocenters. The van der Waals surface area contributed by atoms with Crippen molar-refractivity contribution in [3.63, 3.8) is 0 Å². The summed E-state index contributed by atoms with van der Waals surface area (Å²) in [6, 6.07) is 13.8. The van der Waals surface area contributed by atoms with Crippen molar-refractivity contribution < 1.29 is 14.6 Å². The van der Waals surface area contributed by atoms with E-state index in [1.165, 1.54) is 0 Å². The molecule has 1 saturated heterocycles. The summed E-state index contributed by atoms with van der Waals surface area (Å²) in [5.74, 6) is 2.24. The molecule has 7 nitrogen and oxygen atoms in total. The van der Waals surface area contributed by atoms with E-state index >= 15 is 0 Å². The summed E-state index contributed by atoms with van der Waals surface area (Å²) in [6.07, 6.45) is 1.49. The maximum atomic E-state index is 9.71. The zero-order valence-corrected chi connectivity index (χ0v) is 18.5. The third kappa shape index (κ3) is 4.39. The van der Waals surface area contributed by atoms with Crippen LogP contribution in [0.2, 0.25) is 5.02 Å². The molecule has 0 atom stereocenters. The number of aliphatic hydroxyl groups is 1. The van der Waals surface area contributed by atoms with Crippen LogP contribution in [0, 0.1) is 0 Å².